The molecule has 0 aliphatic carbocycles. The molecule has 0 bridgehead atoms. The Hall–Kier alpha value is -0.910. The Morgan fingerprint density at radius 2 is 1.13 bits per heavy atom. The van der Waals surface area contributed by atoms with E-state index in [0.717, 1.165) is 56.9 Å². The van der Waals surface area contributed by atoms with Crippen molar-refractivity contribution in [2.75, 3.05) is 0 Å². The molecule has 222 valence electrons. The van der Waals surface area contributed by atoms with Crippen LogP contribution in [0.4, 0.5) is 0 Å². The molecule has 1 fully saturated rings. The fraction of sp³-hybridized carbons (Fsp3) is 0.909. The number of carbonyl (C=O) groups is 1. The minimum absolute atomic E-state index is 0.0441. The Balaban J connectivity index is 1.36. The van der Waals surface area contributed by atoms with E-state index in [1.54, 1.807) is 0 Å². The molecule has 0 aromatic heterocycles. The number of carbonyl (C=O) groups excluding carboxylic acids is 1. The summed E-state index contributed by atoms with van der Waals surface area (Å²) < 4.78 is 11.2. The Labute approximate surface area is 234 Å². The number of aliphatic hydroxyl groups excluding tert-OH is 2. The predicted octanol–water partition coefficient (Wildman–Crippen LogP) is 8.34. The molecule has 2 rings (SSSR count). The number of cyclic esters (lactones) is 1. The quantitative estimate of drug-likeness (QED) is 0.0957. The minimum Gasteiger partial charge on any atom is -0.455 e. The van der Waals surface area contributed by atoms with E-state index in [0.29, 0.717) is 0 Å². The Morgan fingerprint density at radius 3 is 1.55 bits per heavy atom. The molecule has 2 N–H and O–H groups in total. The number of rotatable bonds is 24. The number of esters is 1. The van der Waals surface area contributed by atoms with Crippen molar-refractivity contribution in [1.29, 1.82) is 0 Å². The highest BCUT2D eigenvalue weighted by Crippen LogP contribution is 2.28. The molecule has 0 unspecified atom stereocenters. The molecule has 5 nitrogen and oxygen atoms in total. The number of hydrogen-bond donors (Lipinski definition) is 2. The first-order valence-corrected chi connectivity index (χ1v) is 16.4. The molecule has 1 saturated heterocycles. The van der Waals surface area contributed by atoms with Crippen LogP contribution in [0.2, 0.25) is 0 Å². The summed E-state index contributed by atoms with van der Waals surface area (Å²) in [7, 11) is 0. The van der Waals surface area contributed by atoms with Gasteiger partial charge in [0.2, 0.25) is 0 Å². The van der Waals surface area contributed by atoms with Crippen molar-refractivity contribution >= 4 is 5.97 Å². The second kappa shape index (κ2) is 20.9. The largest absolute Gasteiger partial charge is 0.455 e. The van der Waals surface area contributed by atoms with Crippen molar-refractivity contribution in [1.82, 2.24) is 0 Å². The first-order valence-electron chi connectivity index (χ1n) is 16.4. The first kappa shape index (κ1) is 33.3. The third-order valence-electron chi connectivity index (χ3n) is 8.48. The number of unbranched alkanes of at least 4 members (excludes halogenated alkanes) is 16. The molecule has 5 heteroatoms. The maximum Gasteiger partial charge on any atom is 0.334 e. The summed E-state index contributed by atoms with van der Waals surface area (Å²) in [6.07, 6.45) is 27.6. The lowest BCUT2D eigenvalue weighted by Crippen LogP contribution is -2.31. The topological polar surface area (TPSA) is 76.0 Å². The van der Waals surface area contributed by atoms with Gasteiger partial charge >= 0.3 is 5.97 Å². The van der Waals surface area contributed by atoms with Crippen LogP contribution in [0, 0.1) is 0 Å². The summed E-state index contributed by atoms with van der Waals surface area (Å²) >= 11 is 0. The highest BCUT2D eigenvalue weighted by atomic mass is 16.5. The van der Waals surface area contributed by atoms with Crippen molar-refractivity contribution in [3.05, 3.63) is 11.6 Å². The van der Waals surface area contributed by atoms with Gasteiger partial charge in [-0.3, -0.25) is 0 Å². The molecule has 0 aromatic carbocycles. The maximum absolute atomic E-state index is 11.6. The molecule has 0 radical (unpaired) electrons. The lowest BCUT2D eigenvalue weighted by atomic mass is 10.00. The zero-order valence-corrected chi connectivity index (χ0v) is 24.8. The van der Waals surface area contributed by atoms with E-state index in [2.05, 4.69) is 6.92 Å². The fourth-order valence-corrected chi connectivity index (χ4v) is 6.01. The molecular formula is C33H60O5. The summed E-state index contributed by atoms with van der Waals surface area (Å²) in [6.45, 7) is 4.17. The molecule has 0 spiro atoms. The van der Waals surface area contributed by atoms with Gasteiger partial charge in [0.25, 0.3) is 0 Å². The highest BCUT2D eigenvalue weighted by molar-refractivity contribution is 5.90. The van der Waals surface area contributed by atoms with Crippen molar-refractivity contribution in [3.8, 4) is 0 Å². The monoisotopic (exact) mass is 536 g/mol. The Kier molecular flexibility index (Phi) is 18.3. The van der Waals surface area contributed by atoms with Gasteiger partial charge in [0.1, 0.15) is 6.10 Å². The second-order valence-corrected chi connectivity index (χ2v) is 12.1. The van der Waals surface area contributed by atoms with Crippen LogP contribution in [0.25, 0.3) is 0 Å². The molecule has 0 aromatic rings. The fourth-order valence-electron chi connectivity index (χ4n) is 6.01. The van der Waals surface area contributed by atoms with Crippen molar-refractivity contribution < 1.29 is 24.5 Å². The maximum atomic E-state index is 11.6. The molecule has 2 heterocycles. The van der Waals surface area contributed by atoms with Gasteiger partial charge in [-0.15, -0.1) is 0 Å². The normalized spacial score (nSPS) is 23.0. The van der Waals surface area contributed by atoms with Gasteiger partial charge in [-0.25, -0.2) is 4.79 Å². The van der Waals surface area contributed by atoms with Crippen LogP contribution in [-0.2, 0) is 14.3 Å². The van der Waals surface area contributed by atoms with Gasteiger partial charge in [-0.05, 0) is 51.5 Å². The van der Waals surface area contributed by atoms with Crippen molar-refractivity contribution in [2.24, 2.45) is 0 Å². The van der Waals surface area contributed by atoms with E-state index in [1.165, 1.54) is 96.3 Å². The highest BCUT2D eigenvalue weighted by Gasteiger charge is 2.34. The molecule has 2 aliphatic rings. The van der Waals surface area contributed by atoms with Crippen LogP contribution in [0.3, 0.4) is 0 Å². The van der Waals surface area contributed by atoms with Crippen LogP contribution in [0.1, 0.15) is 162 Å². The Morgan fingerprint density at radius 1 is 0.711 bits per heavy atom. The summed E-state index contributed by atoms with van der Waals surface area (Å²) in [5.74, 6) is -0.117. The van der Waals surface area contributed by atoms with Gasteiger partial charge in [0.05, 0.1) is 24.4 Å². The van der Waals surface area contributed by atoms with Crippen LogP contribution >= 0.6 is 0 Å². The van der Waals surface area contributed by atoms with Crippen molar-refractivity contribution in [2.45, 2.75) is 192 Å². The number of ether oxygens (including phenoxy) is 2. The summed E-state index contributed by atoms with van der Waals surface area (Å²) in [5.41, 5.74) is 0.869. The molecule has 5 atom stereocenters. The van der Waals surface area contributed by atoms with Gasteiger partial charge in [0, 0.05) is 5.57 Å². The third-order valence-corrected chi connectivity index (χ3v) is 8.48. The lowest BCUT2D eigenvalue weighted by Gasteiger charge is -2.22. The number of hydrogen-bond acceptors (Lipinski definition) is 5. The third kappa shape index (κ3) is 14.5. The number of aliphatic hydroxyl groups is 2. The second-order valence-electron chi connectivity index (χ2n) is 12.1. The van der Waals surface area contributed by atoms with Gasteiger partial charge in [-0.1, -0.05) is 116 Å². The van der Waals surface area contributed by atoms with E-state index in [9.17, 15) is 15.0 Å². The van der Waals surface area contributed by atoms with Crippen LogP contribution in [0.15, 0.2) is 11.6 Å². The summed E-state index contributed by atoms with van der Waals surface area (Å²) in [4.78, 5) is 11.6. The summed E-state index contributed by atoms with van der Waals surface area (Å²) in [6, 6.07) is 0. The van der Waals surface area contributed by atoms with E-state index in [1.807, 2.05) is 13.0 Å². The standard InChI is InChI=1S/C33H60O5/c1-3-4-5-6-7-13-16-19-22-29(34)31-24-25-32(38-31)30(35)23-20-17-14-11-9-8-10-12-15-18-21-28-26-27(2)37-33(28)36/h26-27,29-32,34-35H,3-25H2,1-2H3/t27-,29+,30-,31+,32-/m0/s1. The zero-order chi connectivity index (χ0) is 27.4. The van der Waals surface area contributed by atoms with E-state index in [-0.39, 0.29) is 36.5 Å². The van der Waals surface area contributed by atoms with Crippen LogP contribution in [-0.4, -0.2) is 46.7 Å². The van der Waals surface area contributed by atoms with Crippen molar-refractivity contribution in [3.63, 3.8) is 0 Å². The summed E-state index contributed by atoms with van der Waals surface area (Å²) in [5, 5.41) is 21.1. The smallest absolute Gasteiger partial charge is 0.334 e. The average Bonchev–Trinajstić information content (AvgIpc) is 3.52. The molecule has 2 aliphatic heterocycles. The van der Waals surface area contributed by atoms with Crippen LogP contribution < -0.4 is 0 Å². The van der Waals surface area contributed by atoms with E-state index in [4.69, 9.17) is 9.47 Å². The predicted molar refractivity (Wildman–Crippen MR) is 156 cm³/mol. The first-order chi connectivity index (χ1) is 18.5. The molecule has 0 amide bonds. The van der Waals surface area contributed by atoms with Gasteiger partial charge in [0.15, 0.2) is 0 Å². The average molecular weight is 537 g/mol. The van der Waals surface area contributed by atoms with E-state index >= 15 is 0 Å². The lowest BCUT2D eigenvalue weighted by molar-refractivity contribution is -0.139. The zero-order valence-electron chi connectivity index (χ0n) is 24.8. The molecule has 0 saturated carbocycles. The SMILES string of the molecule is CCCCCCCCCC[C@@H](O)[C@H]1CC[C@@H]([C@@H](O)CCCCCCCCCCCCC2=C[C@H](C)OC2=O)O1. The van der Waals surface area contributed by atoms with Crippen LogP contribution in [0.5, 0.6) is 0 Å². The van der Waals surface area contributed by atoms with E-state index < -0.39 is 0 Å². The Bertz CT molecular complexity index is 633. The molecular weight excluding hydrogens is 476 g/mol. The molecule has 38 heavy (non-hydrogen) atoms. The van der Waals surface area contributed by atoms with Gasteiger partial charge < -0.3 is 19.7 Å². The minimum atomic E-state index is -0.389. The van der Waals surface area contributed by atoms with Gasteiger partial charge in [-0.2, -0.15) is 0 Å².